The molecule has 0 saturated carbocycles. The Balaban J connectivity index is 2.75. The molecule has 13 heavy (non-hydrogen) atoms. The van der Waals surface area contributed by atoms with Gasteiger partial charge in [-0.3, -0.25) is 0 Å². The van der Waals surface area contributed by atoms with Crippen molar-refractivity contribution < 1.29 is 5.11 Å². The van der Waals surface area contributed by atoms with Crippen LogP contribution in [0.4, 0.5) is 0 Å². The fourth-order valence-corrected chi connectivity index (χ4v) is 1.41. The van der Waals surface area contributed by atoms with E-state index in [2.05, 4.69) is 15.0 Å². The van der Waals surface area contributed by atoms with Gasteiger partial charge in [0.15, 0.2) is 5.65 Å². The zero-order valence-electron chi connectivity index (χ0n) is 7.63. The molecule has 0 atom stereocenters. The number of aromatic nitrogens is 3. The van der Waals surface area contributed by atoms with Crippen molar-refractivity contribution in [3.05, 3.63) is 23.1 Å². The van der Waals surface area contributed by atoms with Crippen LogP contribution in [-0.2, 0) is 6.61 Å². The van der Waals surface area contributed by atoms with Crippen molar-refractivity contribution >= 4 is 11.2 Å². The molecule has 0 unspecified atom stereocenters. The summed E-state index contributed by atoms with van der Waals surface area (Å²) in [5.41, 5.74) is 3.36. The lowest BCUT2D eigenvalue weighted by Crippen LogP contribution is -1.91. The molecule has 68 valence electrons. The molecule has 0 aromatic carbocycles. The zero-order chi connectivity index (χ0) is 9.42. The molecule has 0 bridgehead atoms. The maximum absolute atomic E-state index is 8.93. The number of H-pyrrole nitrogens is 1. The van der Waals surface area contributed by atoms with Crippen LogP contribution >= 0.6 is 0 Å². The number of aliphatic hydroxyl groups excluding tert-OH is 1. The Morgan fingerprint density at radius 1 is 1.38 bits per heavy atom. The number of aromatic amines is 1. The highest BCUT2D eigenvalue weighted by molar-refractivity contribution is 5.74. The van der Waals surface area contributed by atoms with Crippen LogP contribution in [0.5, 0.6) is 0 Å². The van der Waals surface area contributed by atoms with Gasteiger partial charge in [-0.05, 0) is 25.5 Å². The molecule has 4 nitrogen and oxygen atoms in total. The fraction of sp³-hybridized carbons (Fsp3) is 0.333. The van der Waals surface area contributed by atoms with Crippen LogP contribution < -0.4 is 0 Å². The highest BCUT2D eigenvalue weighted by Crippen LogP contribution is 2.14. The summed E-state index contributed by atoms with van der Waals surface area (Å²) in [5.74, 6) is 0.848. The Morgan fingerprint density at radius 3 is 2.85 bits per heavy atom. The third-order valence-corrected chi connectivity index (χ3v) is 1.99. The van der Waals surface area contributed by atoms with Crippen LogP contribution in [0.3, 0.4) is 0 Å². The summed E-state index contributed by atoms with van der Waals surface area (Å²) in [6.45, 7) is 3.82. The topological polar surface area (TPSA) is 61.8 Å². The van der Waals surface area contributed by atoms with E-state index < -0.39 is 0 Å². The van der Waals surface area contributed by atoms with Crippen LogP contribution in [0.1, 0.15) is 17.1 Å². The van der Waals surface area contributed by atoms with E-state index in [4.69, 9.17) is 5.11 Å². The van der Waals surface area contributed by atoms with Crippen LogP contribution in [0.2, 0.25) is 0 Å². The largest absolute Gasteiger partial charge is 0.390 e. The standard InChI is InChI=1S/C9H11N3O/c1-5-3-7(4-13)12-9-8(5)10-6(2)11-9/h3,13H,4H2,1-2H3,(H,10,11,12). The monoisotopic (exact) mass is 177 g/mol. The second-order valence-electron chi connectivity index (χ2n) is 3.11. The zero-order valence-corrected chi connectivity index (χ0v) is 7.63. The van der Waals surface area contributed by atoms with Gasteiger partial charge in [-0.1, -0.05) is 0 Å². The SMILES string of the molecule is Cc1nc2nc(CO)cc(C)c2[nH]1. The summed E-state index contributed by atoms with van der Waals surface area (Å²) < 4.78 is 0. The number of aryl methyl sites for hydroxylation is 2. The molecule has 4 heteroatoms. The van der Waals surface area contributed by atoms with E-state index in [-0.39, 0.29) is 6.61 Å². The summed E-state index contributed by atoms with van der Waals surface area (Å²) in [6.07, 6.45) is 0. The average molecular weight is 177 g/mol. The summed E-state index contributed by atoms with van der Waals surface area (Å²) in [6, 6.07) is 1.86. The molecule has 0 saturated heterocycles. The predicted molar refractivity (Wildman–Crippen MR) is 49.3 cm³/mol. The number of nitrogens with one attached hydrogen (secondary N) is 1. The molecule has 0 spiro atoms. The first-order valence-corrected chi connectivity index (χ1v) is 4.14. The number of rotatable bonds is 1. The summed E-state index contributed by atoms with van der Waals surface area (Å²) in [4.78, 5) is 11.5. The van der Waals surface area contributed by atoms with Crippen molar-refractivity contribution in [3.63, 3.8) is 0 Å². The van der Waals surface area contributed by atoms with Crippen molar-refractivity contribution in [2.45, 2.75) is 20.5 Å². The molecule has 2 N–H and O–H groups in total. The lowest BCUT2D eigenvalue weighted by atomic mass is 10.2. The van der Waals surface area contributed by atoms with Crippen LogP contribution in [0, 0.1) is 13.8 Å². The van der Waals surface area contributed by atoms with Gasteiger partial charge in [0.1, 0.15) is 5.82 Å². The Hall–Kier alpha value is -1.42. The Bertz CT molecular complexity index is 447. The number of imidazole rings is 1. The number of aliphatic hydroxyl groups is 1. The Morgan fingerprint density at radius 2 is 2.15 bits per heavy atom. The Labute approximate surface area is 75.7 Å². The molecule has 2 aromatic heterocycles. The van der Waals surface area contributed by atoms with E-state index in [0.29, 0.717) is 11.3 Å². The smallest absolute Gasteiger partial charge is 0.178 e. The Kier molecular flexibility index (Phi) is 1.77. The normalized spacial score (nSPS) is 11.0. The minimum absolute atomic E-state index is 0.0390. The first kappa shape index (κ1) is 8.19. The third kappa shape index (κ3) is 1.29. The van der Waals surface area contributed by atoms with Crippen molar-refractivity contribution in [2.75, 3.05) is 0 Å². The first-order valence-electron chi connectivity index (χ1n) is 4.14. The molecule has 0 radical (unpaired) electrons. The maximum Gasteiger partial charge on any atom is 0.178 e. The summed E-state index contributed by atoms with van der Waals surface area (Å²) >= 11 is 0. The minimum Gasteiger partial charge on any atom is -0.390 e. The molecule has 0 amide bonds. The van der Waals surface area contributed by atoms with Gasteiger partial charge in [-0.15, -0.1) is 0 Å². The van der Waals surface area contributed by atoms with Crippen molar-refractivity contribution in [3.8, 4) is 0 Å². The van der Waals surface area contributed by atoms with Crippen molar-refractivity contribution in [1.29, 1.82) is 0 Å². The minimum atomic E-state index is -0.0390. The quantitative estimate of drug-likeness (QED) is 0.684. The van der Waals surface area contributed by atoms with Gasteiger partial charge >= 0.3 is 0 Å². The third-order valence-electron chi connectivity index (χ3n) is 1.99. The number of hydrogen-bond acceptors (Lipinski definition) is 3. The van der Waals surface area contributed by atoms with Gasteiger partial charge in [0.2, 0.25) is 0 Å². The molecule has 0 aliphatic rings. The van der Waals surface area contributed by atoms with E-state index in [1.54, 1.807) is 0 Å². The van der Waals surface area contributed by atoms with Crippen LogP contribution in [-0.4, -0.2) is 20.1 Å². The predicted octanol–water partition coefficient (Wildman–Crippen LogP) is 1.07. The van der Waals surface area contributed by atoms with Gasteiger partial charge in [-0.25, -0.2) is 9.97 Å². The van der Waals surface area contributed by atoms with E-state index in [1.165, 1.54) is 0 Å². The van der Waals surface area contributed by atoms with Gasteiger partial charge in [0.05, 0.1) is 17.8 Å². The highest BCUT2D eigenvalue weighted by Gasteiger charge is 2.05. The molecule has 2 heterocycles. The summed E-state index contributed by atoms with van der Waals surface area (Å²) in [7, 11) is 0. The van der Waals surface area contributed by atoms with Gasteiger partial charge < -0.3 is 10.1 Å². The number of fused-ring (bicyclic) bond motifs is 1. The van der Waals surface area contributed by atoms with E-state index in [0.717, 1.165) is 16.9 Å². The van der Waals surface area contributed by atoms with Gasteiger partial charge in [0.25, 0.3) is 0 Å². The molecule has 2 aromatic rings. The summed E-state index contributed by atoms with van der Waals surface area (Å²) in [5, 5.41) is 8.93. The van der Waals surface area contributed by atoms with E-state index in [9.17, 15) is 0 Å². The van der Waals surface area contributed by atoms with Gasteiger partial charge in [-0.2, -0.15) is 0 Å². The van der Waals surface area contributed by atoms with Gasteiger partial charge in [0, 0.05) is 0 Å². The molecule has 2 rings (SSSR count). The second-order valence-corrected chi connectivity index (χ2v) is 3.11. The molecule has 0 fully saturated rings. The first-order chi connectivity index (χ1) is 6.20. The lowest BCUT2D eigenvalue weighted by molar-refractivity contribution is 0.277. The molecule has 0 aliphatic carbocycles. The van der Waals surface area contributed by atoms with Crippen LogP contribution in [0.15, 0.2) is 6.07 Å². The van der Waals surface area contributed by atoms with Crippen molar-refractivity contribution in [1.82, 2.24) is 15.0 Å². The molecular weight excluding hydrogens is 166 g/mol. The van der Waals surface area contributed by atoms with E-state index >= 15 is 0 Å². The van der Waals surface area contributed by atoms with Crippen molar-refractivity contribution in [2.24, 2.45) is 0 Å². The average Bonchev–Trinajstić information content (AvgIpc) is 2.46. The molecule has 0 aliphatic heterocycles. The number of pyridine rings is 1. The maximum atomic E-state index is 8.93. The number of nitrogens with zero attached hydrogens (tertiary/aromatic N) is 2. The van der Waals surface area contributed by atoms with Crippen LogP contribution in [0.25, 0.3) is 11.2 Å². The second kappa shape index (κ2) is 2.81. The molecular formula is C9H11N3O. The fourth-order valence-electron chi connectivity index (χ4n) is 1.41. The van der Waals surface area contributed by atoms with E-state index in [1.807, 2.05) is 19.9 Å². The number of hydrogen-bond donors (Lipinski definition) is 2. The lowest BCUT2D eigenvalue weighted by Gasteiger charge is -1.97. The highest BCUT2D eigenvalue weighted by atomic mass is 16.3.